The van der Waals surface area contributed by atoms with Gasteiger partial charge in [0.1, 0.15) is 0 Å². The summed E-state index contributed by atoms with van der Waals surface area (Å²) in [5, 5.41) is 0. The van der Waals surface area contributed by atoms with Gasteiger partial charge in [-0.2, -0.15) is 0 Å². The molecule has 0 aromatic heterocycles. The Morgan fingerprint density at radius 2 is 1.82 bits per heavy atom. The molecule has 0 saturated heterocycles. The standard InChI is InChI=1S/C9H12F2/c1-5-8(10)9(11)7(4)6(2)3/h5-6H,1,4H2,2-3H3/b9-8-. The molecule has 0 spiro atoms. The molecule has 62 valence electrons. The van der Waals surface area contributed by atoms with Gasteiger partial charge in [0.2, 0.25) is 0 Å². The number of allylic oxidation sites excluding steroid dienone is 4. The molecule has 0 aliphatic rings. The fraction of sp³-hybridized carbons (Fsp3) is 0.333. The largest absolute Gasteiger partial charge is 0.204 e. The van der Waals surface area contributed by atoms with Crippen molar-refractivity contribution in [2.45, 2.75) is 13.8 Å². The minimum Gasteiger partial charge on any atom is -0.204 e. The third-order valence-corrected chi connectivity index (χ3v) is 1.37. The van der Waals surface area contributed by atoms with E-state index >= 15 is 0 Å². The quantitative estimate of drug-likeness (QED) is 0.551. The Balaban J connectivity index is 4.60. The average molecular weight is 158 g/mol. The summed E-state index contributed by atoms with van der Waals surface area (Å²) < 4.78 is 25.2. The molecule has 0 fully saturated rings. The second kappa shape index (κ2) is 4.06. The van der Waals surface area contributed by atoms with Crippen molar-refractivity contribution >= 4 is 0 Å². The lowest BCUT2D eigenvalue weighted by atomic mass is 10.0. The maximum Gasteiger partial charge on any atom is 0.161 e. The highest BCUT2D eigenvalue weighted by molar-refractivity contribution is 5.30. The van der Waals surface area contributed by atoms with Gasteiger partial charge in [-0.15, -0.1) is 0 Å². The molecule has 0 bridgehead atoms. The van der Waals surface area contributed by atoms with E-state index in [4.69, 9.17) is 0 Å². The van der Waals surface area contributed by atoms with Crippen molar-refractivity contribution < 1.29 is 8.78 Å². The highest BCUT2D eigenvalue weighted by atomic mass is 19.2. The predicted molar refractivity (Wildman–Crippen MR) is 43.4 cm³/mol. The van der Waals surface area contributed by atoms with E-state index in [0.29, 0.717) is 0 Å². The summed E-state index contributed by atoms with van der Waals surface area (Å²) in [6, 6.07) is 0. The molecule has 0 aromatic carbocycles. The molecular weight excluding hydrogens is 146 g/mol. The molecule has 0 unspecified atom stereocenters. The zero-order valence-corrected chi connectivity index (χ0v) is 6.82. The molecule has 0 amide bonds. The number of halogens is 2. The molecule has 0 rings (SSSR count). The van der Waals surface area contributed by atoms with E-state index < -0.39 is 11.7 Å². The van der Waals surface area contributed by atoms with Gasteiger partial charge in [-0.1, -0.05) is 27.0 Å². The zero-order valence-electron chi connectivity index (χ0n) is 6.82. The van der Waals surface area contributed by atoms with Crippen LogP contribution in [0.1, 0.15) is 13.8 Å². The molecule has 0 saturated carbocycles. The van der Waals surface area contributed by atoms with Crippen LogP contribution in [0.5, 0.6) is 0 Å². The first kappa shape index (κ1) is 10.1. The third-order valence-electron chi connectivity index (χ3n) is 1.37. The van der Waals surface area contributed by atoms with Gasteiger partial charge in [0.15, 0.2) is 11.7 Å². The first-order valence-electron chi connectivity index (χ1n) is 3.37. The van der Waals surface area contributed by atoms with Crippen molar-refractivity contribution in [3.8, 4) is 0 Å². The van der Waals surface area contributed by atoms with Gasteiger partial charge in [-0.3, -0.25) is 0 Å². The van der Waals surface area contributed by atoms with Crippen LogP contribution >= 0.6 is 0 Å². The number of hydrogen-bond acceptors (Lipinski definition) is 0. The van der Waals surface area contributed by atoms with Gasteiger partial charge < -0.3 is 0 Å². The van der Waals surface area contributed by atoms with E-state index in [2.05, 4.69) is 13.2 Å². The summed E-state index contributed by atoms with van der Waals surface area (Å²) in [5.74, 6) is -1.92. The van der Waals surface area contributed by atoms with Crippen molar-refractivity contribution in [2.75, 3.05) is 0 Å². The Hall–Kier alpha value is -0.920. The van der Waals surface area contributed by atoms with Crippen LogP contribution in [0, 0.1) is 5.92 Å². The lowest BCUT2D eigenvalue weighted by Crippen LogP contribution is -1.93. The summed E-state index contributed by atoms with van der Waals surface area (Å²) in [6.45, 7) is 10.0. The molecular formula is C9H12F2. The SMILES string of the molecule is C=C/C(F)=C(/F)C(=C)C(C)C. The molecule has 0 N–H and O–H groups in total. The van der Waals surface area contributed by atoms with Crippen LogP contribution in [0.2, 0.25) is 0 Å². The fourth-order valence-corrected chi connectivity index (χ4v) is 0.496. The van der Waals surface area contributed by atoms with Gasteiger partial charge in [-0.05, 0) is 17.6 Å². The maximum atomic E-state index is 12.8. The number of hydrogen-bond donors (Lipinski definition) is 0. The first-order valence-corrected chi connectivity index (χ1v) is 3.37. The minimum atomic E-state index is -0.941. The Bertz CT molecular complexity index is 200. The van der Waals surface area contributed by atoms with Crippen LogP contribution < -0.4 is 0 Å². The van der Waals surface area contributed by atoms with Crippen LogP contribution in [0.3, 0.4) is 0 Å². The molecule has 0 aromatic rings. The Morgan fingerprint density at radius 1 is 1.36 bits per heavy atom. The van der Waals surface area contributed by atoms with Crippen molar-refractivity contribution in [2.24, 2.45) is 5.92 Å². The van der Waals surface area contributed by atoms with E-state index in [1.54, 1.807) is 13.8 Å². The molecule has 11 heavy (non-hydrogen) atoms. The smallest absolute Gasteiger partial charge is 0.161 e. The molecule has 0 aliphatic heterocycles. The monoisotopic (exact) mass is 158 g/mol. The fourth-order valence-electron chi connectivity index (χ4n) is 0.496. The summed E-state index contributed by atoms with van der Waals surface area (Å²) >= 11 is 0. The third kappa shape index (κ3) is 2.66. The van der Waals surface area contributed by atoms with Crippen LogP contribution in [0.4, 0.5) is 8.78 Å². The molecule has 0 heterocycles. The summed E-state index contributed by atoms with van der Waals surface area (Å²) in [7, 11) is 0. The lowest BCUT2D eigenvalue weighted by molar-refractivity contribution is 0.544. The zero-order chi connectivity index (χ0) is 9.02. The number of rotatable bonds is 3. The van der Waals surface area contributed by atoms with Gasteiger partial charge in [-0.25, -0.2) is 8.78 Å². The first-order chi connectivity index (χ1) is 5.00. The van der Waals surface area contributed by atoms with Gasteiger partial charge in [0.05, 0.1) is 0 Å². The van der Waals surface area contributed by atoms with Gasteiger partial charge >= 0.3 is 0 Å². The van der Waals surface area contributed by atoms with Crippen molar-refractivity contribution in [3.63, 3.8) is 0 Å². The molecule has 0 radical (unpaired) electrons. The molecule has 2 heteroatoms. The van der Waals surface area contributed by atoms with Crippen LogP contribution in [-0.4, -0.2) is 0 Å². The second-order valence-electron chi connectivity index (χ2n) is 2.55. The van der Waals surface area contributed by atoms with E-state index in [1.165, 1.54) is 0 Å². The van der Waals surface area contributed by atoms with Crippen LogP contribution in [0.15, 0.2) is 36.5 Å². The Morgan fingerprint density at radius 3 is 2.09 bits per heavy atom. The predicted octanol–water partition coefficient (Wildman–Crippen LogP) is 3.54. The van der Waals surface area contributed by atoms with Crippen LogP contribution in [0.25, 0.3) is 0 Å². The van der Waals surface area contributed by atoms with Crippen molar-refractivity contribution in [3.05, 3.63) is 36.5 Å². The Kier molecular flexibility index (Phi) is 3.72. The molecule has 0 atom stereocenters. The summed E-state index contributed by atoms with van der Waals surface area (Å²) in [4.78, 5) is 0. The second-order valence-corrected chi connectivity index (χ2v) is 2.55. The lowest BCUT2D eigenvalue weighted by Gasteiger charge is -2.05. The van der Waals surface area contributed by atoms with Crippen LogP contribution in [-0.2, 0) is 0 Å². The molecule has 0 nitrogen and oxygen atoms in total. The van der Waals surface area contributed by atoms with E-state index in [-0.39, 0.29) is 11.5 Å². The highest BCUT2D eigenvalue weighted by Gasteiger charge is 2.10. The van der Waals surface area contributed by atoms with Gasteiger partial charge in [0, 0.05) is 0 Å². The van der Waals surface area contributed by atoms with Crippen molar-refractivity contribution in [1.29, 1.82) is 0 Å². The normalized spacial score (nSPS) is 12.8. The summed E-state index contributed by atoms with van der Waals surface area (Å²) in [6.07, 6.45) is 0.836. The highest BCUT2D eigenvalue weighted by Crippen LogP contribution is 2.22. The van der Waals surface area contributed by atoms with Gasteiger partial charge in [0.25, 0.3) is 0 Å². The summed E-state index contributed by atoms with van der Waals surface area (Å²) in [5.41, 5.74) is 0.169. The minimum absolute atomic E-state index is 0.0827. The average Bonchev–Trinajstić information content (AvgIpc) is 2.00. The van der Waals surface area contributed by atoms with E-state index in [9.17, 15) is 8.78 Å². The van der Waals surface area contributed by atoms with Crippen molar-refractivity contribution in [1.82, 2.24) is 0 Å². The maximum absolute atomic E-state index is 12.8. The van der Waals surface area contributed by atoms with E-state index in [1.807, 2.05) is 0 Å². The molecule has 0 aliphatic carbocycles. The topological polar surface area (TPSA) is 0 Å². The Labute approximate surface area is 65.9 Å². The van der Waals surface area contributed by atoms with E-state index in [0.717, 1.165) is 6.08 Å².